The van der Waals surface area contributed by atoms with Gasteiger partial charge in [0.15, 0.2) is 5.78 Å². The van der Waals surface area contributed by atoms with Crippen LogP contribution in [0.1, 0.15) is 31.2 Å². The fraction of sp³-hybridized carbons (Fsp3) is 0.417. The van der Waals surface area contributed by atoms with Crippen LogP contribution >= 0.6 is 11.6 Å². The van der Waals surface area contributed by atoms with E-state index in [0.29, 0.717) is 17.9 Å². The Hall–Kier alpha value is -0.930. The molecule has 0 aliphatic heterocycles. The molecular formula is C12H13ClFNO. The van der Waals surface area contributed by atoms with E-state index in [4.69, 9.17) is 17.3 Å². The molecule has 2 N–H and O–H groups in total. The van der Waals surface area contributed by atoms with E-state index in [-0.39, 0.29) is 11.3 Å². The standard InChI is InChI=1S/C12H13ClFNO/c13-8-4-5-10(14)9(7-8)12(15)6-2-1-3-11(12)16/h4-5,7H,1-3,6,15H2. The minimum Gasteiger partial charge on any atom is -0.315 e. The lowest BCUT2D eigenvalue weighted by Gasteiger charge is -2.32. The van der Waals surface area contributed by atoms with E-state index < -0.39 is 11.4 Å². The van der Waals surface area contributed by atoms with Crippen LogP contribution in [0.2, 0.25) is 5.02 Å². The molecule has 1 aromatic rings. The monoisotopic (exact) mass is 241 g/mol. The molecule has 86 valence electrons. The maximum atomic E-state index is 13.7. The molecule has 0 aromatic heterocycles. The highest BCUT2D eigenvalue weighted by molar-refractivity contribution is 6.30. The lowest BCUT2D eigenvalue weighted by molar-refractivity contribution is -0.126. The van der Waals surface area contributed by atoms with Gasteiger partial charge >= 0.3 is 0 Å². The normalized spacial score (nSPS) is 25.8. The highest BCUT2D eigenvalue weighted by Gasteiger charge is 2.39. The molecule has 0 saturated heterocycles. The number of Topliss-reactive ketones (excluding diaryl/α,β-unsaturated/α-hetero) is 1. The van der Waals surface area contributed by atoms with E-state index in [2.05, 4.69) is 0 Å². The quantitative estimate of drug-likeness (QED) is 0.822. The Morgan fingerprint density at radius 1 is 1.38 bits per heavy atom. The molecule has 0 spiro atoms. The van der Waals surface area contributed by atoms with Gasteiger partial charge in [-0.2, -0.15) is 0 Å². The van der Waals surface area contributed by atoms with Gasteiger partial charge in [-0.15, -0.1) is 0 Å². The molecule has 1 fully saturated rings. The minimum atomic E-state index is -1.19. The van der Waals surface area contributed by atoms with Gasteiger partial charge in [0.25, 0.3) is 0 Å². The van der Waals surface area contributed by atoms with Crippen molar-refractivity contribution in [3.05, 3.63) is 34.6 Å². The summed E-state index contributed by atoms with van der Waals surface area (Å²) in [6.07, 6.45) is 2.58. The molecule has 0 bridgehead atoms. The number of carbonyl (C=O) groups is 1. The van der Waals surface area contributed by atoms with Crippen molar-refractivity contribution in [1.82, 2.24) is 0 Å². The van der Waals surface area contributed by atoms with Crippen molar-refractivity contribution in [3.63, 3.8) is 0 Å². The van der Waals surface area contributed by atoms with Gasteiger partial charge in [-0.05, 0) is 31.0 Å². The SMILES string of the molecule is NC1(c2cc(Cl)ccc2F)CCCCC1=O. The Kier molecular flexibility index (Phi) is 3.00. The van der Waals surface area contributed by atoms with Crippen molar-refractivity contribution < 1.29 is 9.18 Å². The maximum Gasteiger partial charge on any atom is 0.157 e. The summed E-state index contributed by atoms with van der Waals surface area (Å²) in [5, 5.41) is 0.402. The molecule has 4 heteroatoms. The van der Waals surface area contributed by atoms with Crippen molar-refractivity contribution in [2.24, 2.45) is 5.73 Å². The van der Waals surface area contributed by atoms with Crippen LogP contribution in [0.4, 0.5) is 4.39 Å². The van der Waals surface area contributed by atoms with E-state index in [1.165, 1.54) is 18.2 Å². The number of hydrogen-bond donors (Lipinski definition) is 1. The van der Waals surface area contributed by atoms with Gasteiger partial charge in [-0.3, -0.25) is 4.79 Å². The summed E-state index contributed by atoms with van der Waals surface area (Å²) in [5.74, 6) is -0.554. The largest absolute Gasteiger partial charge is 0.315 e. The van der Waals surface area contributed by atoms with Crippen molar-refractivity contribution in [1.29, 1.82) is 0 Å². The summed E-state index contributed by atoms with van der Waals surface area (Å²) in [4.78, 5) is 11.8. The van der Waals surface area contributed by atoms with E-state index in [0.717, 1.165) is 12.8 Å². The Morgan fingerprint density at radius 3 is 2.81 bits per heavy atom. The molecule has 0 amide bonds. The summed E-state index contributed by atoms with van der Waals surface area (Å²) in [7, 11) is 0. The number of carbonyl (C=O) groups excluding carboxylic acids is 1. The lowest BCUT2D eigenvalue weighted by atomic mass is 9.76. The molecule has 1 unspecified atom stereocenters. The first-order valence-electron chi connectivity index (χ1n) is 5.32. The Balaban J connectivity index is 2.48. The van der Waals surface area contributed by atoms with Crippen LogP contribution in [-0.4, -0.2) is 5.78 Å². The zero-order valence-corrected chi connectivity index (χ0v) is 9.56. The molecule has 1 atom stereocenters. The van der Waals surface area contributed by atoms with Crippen LogP contribution in [0.25, 0.3) is 0 Å². The first kappa shape index (κ1) is 11.6. The van der Waals surface area contributed by atoms with Crippen LogP contribution in [0.15, 0.2) is 18.2 Å². The molecule has 0 heterocycles. The summed E-state index contributed by atoms with van der Waals surface area (Å²) in [6, 6.07) is 4.17. The molecule has 1 aromatic carbocycles. The van der Waals surface area contributed by atoms with Crippen LogP contribution in [-0.2, 0) is 10.3 Å². The number of ketones is 1. The molecule has 2 rings (SSSR count). The zero-order chi connectivity index (χ0) is 11.8. The summed E-state index contributed by atoms with van der Waals surface area (Å²) in [6.45, 7) is 0. The minimum absolute atomic E-state index is 0.0973. The fourth-order valence-electron chi connectivity index (χ4n) is 2.18. The molecule has 16 heavy (non-hydrogen) atoms. The predicted molar refractivity (Wildman–Crippen MR) is 60.8 cm³/mol. The van der Waals surface area contributed by atoms with Crippen molar-refractivity contribution >= 4 is 17.4 Å². The summed E-state index contributed by atoms with van der Waals surface area (Å²) in [5.41, 5.74) is 5.08. The molecular weight excluding hydrogens is 229 g/mol. The smallest absolute Gasteiger partial charge is 0.157 e. The maximum absolute atomic E-state index is 13.7. The number of halogens is 2. The van der Waals surface area contributed by atoms with Crippen molar-refractivity contribution in [2.45, 2.75) is 31.2 Å². The van der Waals surface area contributed by atoms with Crippen LogP contribution in [0, 0.1) is 5.82 Å². The average molecular weight is 242 g/mol. The Morgan fingerprint density at radius 2 is 2.12 bits per heavy atom. The fourth-order valence-corrected chi connectivity index (χ4v) is 2.35. The third-order valence-electron chi connectivity index (χ3n) is 3.13. The third-order valence-corrected chi connectivity index (χ3v) is 3.37. The van der Waals surface area contributed by atoms with Gasteiger partial charge in [-0.25, -0.2) is 4.39 Å². The lowest BCUT2D eigenvalue weighted by Crippen LogP contribution is -2.47. The number of hydrogen-bond acceptors (Lipinski definition) is 2. The highest BCUT2D eigenvalue weighted by Crippen LogP contribution is 2.34. The summed E-state index contributed by atoms with van der Waals surface area (Å²) < 4.78 is 13.7. The van der Waals surface area contributed by atoms with E-state index >= 15 is 0 Å². The van der Waals surface area contributed by atoms with Gasteiger partial charge in [-0.1, -0.05) is 18.0 Å². The van der Waals surface area contributed by atoms with Gasteiger partial charge in [0.2, 0.25) is 0 Å². The van der Waals surface area contributed by atoms with Crippen LogP contribution < -0.4 is 5.73 Å². The summed E-state index contributed by atoms with van der Waals surface area (Å²) >= 11 is 5.81. The van der Waals surface area contributed by atoms with E-state index in [1.54, 1.807) is 0 Å². The zero-order valence-electron chi connectivity index (χ0n) is 8.80. The molecule has 0 radical (unpaired) electrons. The highest BCUT2D eigenvalue weighted by atomic mass is 35.5. The number of benzene rings is 1. The molecule has 2 nitrogen and oxygen atoms in total. The molecule has 1 aliphatic rings. The second-order valence-corrected chi connectivity index (χ2v) is 4.66. The van der Waals surface area contributed by atoms with Crippen molar-refractivity contribution in [2.75, 3.05) is 0 Å². The number of rotatable bonds is 1. The average Bonchev–Trinajstić information content (AvgIpc) is 2.26. The van der Waals surface area contributed by atoms with E-state index in [1.807, 2.05) is 0 Å². The first-order valence-corrected chi connectivity index (χ1v) is 5.69. The van der Waals surface area contributed by atoms with E-state index in [9.17, 15) is 9.18 Å². The first-order chi connectivity index (χ1) is 7.54. The molecule has 1 aliphatic carbocycles. The second kappa shape index (κ2) is 4.15. The Bertz CT molecular complexity index is 435. The van der Waals surface area contributed by atoms with Crippen LogP contribution in [0.5, 0.6) is 0 Å². The number of nitrogens with two attached hydrogens (primary N) is 1. The predicted octanol–water partition coefficient (Wildman–Crippen LogP) is 2.78. The Labute approximate surface area is 98.6 Å². The van der Waals surface area contributed by atoms with Gasteiger partial charge in [0.1, 0.15) is 11.4 Å². The van der Waals surface area contributed by atoms with Crippen LogP contribution in [0.3, 0.4) is 0 Å². The second-order valence-electron chi connectivity index (χ2n) is 4.23. The van der Waals surface area contributed by atoms with Gasteiger partial charge in [0.05, 0.1) is 0 Å². The topological polar surface area (TPSA) is 43.1 Å². The molecule has 1 saturated carbocycles. The van der Waals surface area contributed by atoms with Gasteiger partial charge < -0.3 is 5.73 Å². The third kappa shape index (κ3) is 1.85. The van der Waals surface area contributed by atoms with Gasteiger partial charge in [0, 0.05) is 17.0 Å². The van der Waals surface area contributed by atoms with Crippen molar-refractivity contribution in [3.8, 4) is 0 Å².